The van der Waals surface area contributed by atoms with Crippen molar-refractivity contribution in [1.82, 2.24) is 4.90 Å². The number of nitrogens with two attached hydrogens (primary N) is 1. The summed E-state index contributed by atoms with van der Waals surface area (Å²) in [5.41, 5.74) is 6.65. The monoisotopic (exact) mass is 238 g/mol. The summed E-state index contributed by atoms with van der Waals surface area (Å²) in [7, 11) is 0. The van der Waals surface area contributed by atoms with Crippen molar-refractivity contribution in [2.45, 2.75) is 39.3 Å². The molecule has 0 aliphatic carbocycles. The van der Waals surface area contributed by atoms with E-state index in [1.165, 1.54) is 6.07 Å². The van der Waals surface area contributed by atoms with Crippen molar-refractivity contribution in [1.29, 1.82) is 0 Å². The second-order valence-corrected chi connectivity index (χ2v) is 4.64. The molecule has 1 aromatic rings. The smallest absolute Gasteiger partial charge is 0.127 e. The van der Waals surface area contributed by atoms with E-state index < -0.39 is 0 Å². The van der Waals surface area contributed by atoms with Crippen molar-refractivity contribution in [3.63, 3.8) is 0 Å². The molecular formula is C14H23FN2. The predicted octanol–water partition coefficient (Wildman–Crippen LogP) is 2.95. The third-order valence-electron chi connectivity index (χ3n) is 3.17. The van der Waals surface area contributed by atoms with Crippen LogP contribution in [-0.2, 0) is 0 Å². The standard InChI is InChI=1S/C14H23FN2/c1-4-17(11(2)3)10-9-14(16)12-7-5-6-8-13(12)15/h5-8,11,14H,4,9-10,16H2,1-3H3. The molecule has 0 heterocycles. The van der Waals surface area contributed by atoms with Crippen LogP contribution in [0.25, 0.3) is 0 Å². The zero-order valence-corrected chi connectivity index (χ0v) is 11.0. The Bertz CT molecular complexity index is 339. The van der Waals surface area contributed by atoms with Crippen molar-refractivity contribution in [3.8, 4) is 0 Å². The van der Waals surface area contributed by atoms with Crippen molar-refractivity contribution in [3.05, 3.63) is 35.6 Å². The van der Waals surface area contributed by atoms with E-state index >= 15 is 0 Å². The Balaban J connectivity index is 2.55. The van der Waals surface area contributed by atoms with Gasteiger partial charge >= 0.3 is 0 Å². The lowest BCUT2D eigenvalue weighted by Gasteiger charge is -2.26. The summed E-state index contributed by atoms with van der Waals surface area (Å²) in [6.07, 6.45) is 0.785. The molecule has 1 aromatic carbocycles. The molecule has 1 rings (SSSR count). The first-order valence-corrected chi connectivity index (χ1v) is 6.30. The Kier molecular flexibility index (Phi) is 5.59. The number of rotatable bonds is 6. The molecule has 0 spiro atoms. The first-order valence-electron chi connectivity index (χ1n) is 6.30. The maximum atomic E-state index is 13.5. The van der Waals surface area contributed by atoms with E-state index in [-0.39, 0.29) is 11.9 Å². The highest BCUT2D eigenvalue weighted by Crippen LogP contribution is 2.18. The average molecular weight is 238 g/mol. The Morgan fingerprint density at radius 2 is 1.94 bits per heavy atom. The maximum absolute atomic E-state index is 13.5. The average Bonchev–Trinajstić information content (AvgIpc) is 2.29. The van der Waals surface area contributed by atoms with E-state index in [1.54, 1.807) is 12.1 Å². The van der Waals surface area contributed by atoms with Crippen LogP contribution >= 0.6 is 0 Å². The normalized spacial score (nSPS) is 13.4. The van der Waals surface area contributed by atoms with E-state index in [1.807, 2.05) is 6.07 Å². The topological polar surface area (TPSA) is 29.3 Å². The van der Waals surface area contributed by atoms with E-state index in [4.69, 9.17) is 5.73 Å². The van der Waals surface area contributed by atoms with Gasteiger partial charge in [-0.1, -0.05) is 25.1 Å². The zero-order valence-electron chi connectivity index (χ0n) is 11.0. The molecule has 0 bridgehead atoms. The molecule has 2 N–H and O–H groups in total. The number of hydrogen-bond acceptors (Lipinski definition) is 2. The summed E-state index contributed by atoms with van der Waals surface area (Å²) in [6.45, 7) is 8.37. The molecule has 96 valence electrons. The van der Waals surface area contributed by atoms with Crippen LogP contribution in [0.3, 0.4) is 0 Å². The summed E-state index contributed by atoms with van der Waals surface area (Å²) >= 11 is 0. The fourth-order valence-corrected chi connectivity index (χ4v) is 2.02. The Morgan fingerprint density at radius 3 is 2.47 bits per heavy atom. The molecular weight excluding hydrogens is 215 g/mol. The maximum Gasteiger partial charge on any atom is 0.127 e. The molecule has 2 nitrogen and oxygen atoms in total. The number of hydrogen-bond donors (Lipinski definition) is 1. The zero-order chi connectivity index (χ0) is 12.8. The van der Waals surface area contributed by atoms with Crippen molar-refractivity contribution in [2.75, 3.05) is 13.1 Å². The Hall–Kier alpha value is -0.930. The van der Waals surface area contributed by atoms with Crippen LogP contribution in [0.15, 0.2) is 24.3 Å². The van der Waals surface area contributed by atoms with E-state index in [0.717, 1.165) is 19.5 Å². The van der Waals surface area contributed by atoms with E-state index in [2.05, 4.69) is 25.7 Å². The molecule has 0 saturated heterocycles. The first-order chi connectivity index (χ1) is 8.06. The van der Waals surface area contributed by atoms with E-state index in [9.17, 15) is 4.39 Å². The lowest BCUT2D eigenvalue weighted by Crippen LogP contribution is -2.33. The molecule has 0 radical (unpaired) electrons. The van der Waals surface area contributed by atoms with Crippen LogP contribution in [0.2, 0.25) is 0 Å². The van der Waals surface area contributed by atoms with Crippen LogP contribution in [0.5, 0.6) is 0 Å². The van der Waals surface area contributed by atoms with Gasteiger partial charge < -0.3 is 10.6 Å². The van der Waals surface area contributed by atoms with Crippen LogP contribution < -0.4 is 5.73 Å². The van der Waals surface area contributed by atoms with Crippen LogP contribution in [0, 0.1) is 5.82 Å². The van der Waals surface area contributed by atoms with Gasteiger partial charge in [0.1, 0.15) is 5.82 Å². The molecule has 3 heteroatoms. The molecule has 0 aliphatic rings. The van der Waals surface area contributed by atoms with Gasteiger partial charge in [0.2, 0.25) is 0 Å². The van der Waals surface area contributed by atoms with Gasteiger partial charge in [0.25, 0.3) is 0 Å². The Morgan fingerprint density at radius 1 is 1.29 bits per heavy atom. The van der Waals surface area contributed by atoms with Crippen molar-refractivity contribution in [2.24, 2.45) is 5.73 Å². The minimum atomic E-state index is -0.219. The van der Waals surface area contributed by atoms with Gasteiger partial charge in [-0.3, -0.25) is 0 Å². The highest BCUT2D eigenvalue weighted by atomic mass is 19.1. The minimum absolute atomic E-state index is 0.201. The molecule has 0 aliphatic heterocycles. The van der Waals surface area contributed by atoms with Gasteiger partial charge in [-0.05, 0) is 32.9 Å². The lowest BCUT2D eigenvalue weighted by atomic mass is 10.0. The predicted molar refractivity (Wildman–Crippen MR) is 70.3 cm³/mol. The van der Waals surface area contributed by atoms with E-state index in [0.29, 0.717) is 11.6 Å². The fraction of sp³-hybridized carbons (Fsp3) is 0.571. The summed E-state index contributed by atoms with van der Waals surface area (Å²) in [5.74, 6) is -0.201. The number of halogens is 1. The van der Waals surface area contributed by atoms with Gasteiger partial charge in [-0.25, -0.2) is 4.39 Å². The minimum Gasteiger partial charge on any atom is -0.324 e. The number of benzene rings is 1. The van der Waals surface area contributed by atoms with Crippen molar-refractivity contribution >= 4 is 0 Å². The van der Waals surface area contributed by atoms with Crippen LogP contribution in [0.4, 0.5) is 4.39 Å². The highest BCUT2D eigenvalue weighted by molar-refractivity contribution is 5.20. The molecule has 1 unspecified atom stereocenters. The second-order valence-electron chi connectivity index (χ2n) is 4.64. The molecule has 0 amide bonds. The molecule has 0 saturated carbocycles. The second kappa shape index (κ2) is 6.72. The van der Waals surface area contributed by atoms with Crippen LogP contribution in [0.1, 0.15) is 38.8 Å². The largest absolute Gasteiger partial charge is 0.324 e. The summed E-state index contributed by atoms with van der Waals surface area (Å²) in [6, 6.07) is 7.05. The first kappa shape index (κ1) is 14.1. The lowest BCUT2D eigenvalue weighted by molar-refractivity contribution is 0.224. The van der Waals surface area contributed by atoms with Gasteiger partial charge in [0.05, 0.1) is 0 Å². The molecule has 0 aromatic heterocycles. The van der Waals surface area contributed by atoms with Crippen LogP contribution in [-0.4, -0.2) is 24.0 Å². The fourth-order valence-electron chi connectivity index (χ4n) is 2.02. The van der Waals surface area contributed by atoms with Gasteiger partial charge in [-0.15, -0.1) is 0 Å². The molecule has 17 heavy (non-hydrogen) atoms. The third-order valence-corrected chi connectivity index (χ3v) is 3.17. The Labute approximate surface area is 104 Å². The third kappa shape index (κ3) is 4.10. The van der Waals surface area contributed by atoms with Gasteiger partial charge in [0.15, 0.2) is 0 Å². The number of nitrogens with zero attached hydrogens (tertiary/aromatic N) is 1. The van der Waals surface area contributed by atoms with Gasteiger partial charge in [-0.2, -0.15) is 0 Å². The summed E-state index contributed by atoms with van der Waals surface area (Å²) < 4.78 is 13.5. The molecule has 0 fully saturated rings. The highest BCUT2D eigenvalue weighted by Gasteiger charge is 2.13. The van der Waals surface area contributed by atoms with Crippen molar-refractivity contribution < 1.29 is 4.39 Å². The molecule has 1 atom stereocenters. The summed E-state index contributed by atoms with van der Waals surface area (Å²) in [4.78, 5) is 2.33. The summed E-state index contributed by atoms with van der Waals surface area (Å²) in [5, 5.41) is 0. The quantitative estimate of drug-likeness (QED) is 0.825. The van der Waals surface area contributed by atoms with Gasteiger partial charge in [0, 0.05) is 24.2 Å². The SMILES string of the molecule is CCN(CCC(N)c1ccccc1F)C(C)C.